The standard InChI is InChI=1S/C20H23NO3/c1-12-4-5-14-16(8-12)21-7-6-13-9-19(23-2)20(24-3)10-15(13)17(21)11-18(14)22/h8-10,17H,4-7,11H2,1-3H3/t17-/m0/s1. The van der Waals surface area contributed by atoms with Crippen molar-refractivity contribution in [3.8, 4) is 11.5 Å². The highest BCUT2D eigenvalue weighted by Gasteiger charge is 2.38. The monoisotopic (exact) mass is 325 g/mol. The van der Waals surface area contributed by atoms with Gasteiger partial charge in [-0.3, -0.25) is 4.79 Å². The van der Waals surface area contributed by atoms with Crippen LogP contribution in [-0.2, 0) is 11.2 Å². The molecule has 0 bridgehead atoms. The van der Waals surface area contributed by atoms with Gasteiger partial charge in [0.25, 0.3) is 0 Å². The molecule has 0 N–H and O–H groups in total. The molecule has 2 heterocycles. The predicted molar refractivity (Wildman–Crippen MR) is 92.3 cm³/mol. The van der Waals surface area contributed by atoms with Crippen molar-refractivity contribution in [3.05, 3.63) is 46.2 Å². The first kappa shape index (κ1) is 15.3. The summed E-state index contributed by atoms with van der Waals surface area (Å²) in [5.41, 5.74) is 6.01. The van der Waals surface area contributed by atoms with E-state index in [0.29, 0.717) is 12.2 Å². The van der Waals surface area contributed by atoms with E-state index >= 15 is 0 Å². The number of ether oxygens (including phenoxy) is 2. The molecule has 126 valence electrons. The first-order valence-electron chi connectivity index (χ1n) is 8.57. The molecule has 4 rings (SSSR count). The lowest BCUT2D eigenvalue weighted by molar-refractivity contribution is -0.118. The molecule has 2 aliphatic heterocycles. The fourth-order valence-electron chi connectivity index (χ4n) is 4.22. The number of allylic oxidation sites excluding steroid dienone is 3. The lowest BCUT2D eigenvalue weighted by Gasteiger charge is -2.44. The van der Waals surface area contributed by atoms with Gasteiger partial charge >= 0.3 is 0 Å². The van der Waals surface area contributed by atoms with Gasteiger partial charge in [0.1, 0.15) is 0 Å². The Morgan fingerprint density at radius 3 is 2.58 bits per heavy atom. The molecular weight excluding hydrogens is 302 g/mol. The minimum atomic E-state index is 0.113. The molecule has 0 amide bonds. The smallest absolute Gasteiger partial charge is 0.163 e. The van der Waals surface area contributed by atoms with Crippen LogP contribution in [0.3, 0.4) is 0 Å². The summed E-state index contributed by atoms with van der Waals surface area (Å²) < 4.78 is 10.9. The topological polar surface area (TPSA) is 38.8 Å². The lowest BCUT2D eigenvalue weighted by atomic mass is 9.80. The fraction of sp³-hybridized carbons (Fsp3) is 0.450. The number of hydrogen-bond donors (Lipinski definition) is 0. The van der Waals surface area contributed by atoms with Crippen molar-refractivity contribution < 1.29 is 14.3 Å². The Bertz CT molecular complexity index is 775. The second-order valence-corrected chi connectivity index (χ2v) is 6.85. The summed E-state index contributed by atoms with van der Waals surface area (Å²) in [6.07, 6.45) is 5.64. The highest BCUT2D eigenvalue weighted by molar-refractivity contribution is 5.98. The molecule has 1 aromatic carbocycles. The summed E-state index contributed by atoms with van der Waals surface area (Å²) in [7, 11) is 3.32. The van der Waals surface area contributed by atoms with E-state index in [0.717, 1.165) is 48.6 Å². The van der Waals surface area contributed by atoms with Crippen LogP contribution >= 0.6 is 0 Å². The van der Waals surface area contributed by atoms with Crippen molar-refractivity contribution in [1.29, 1.82) is 0 Å². The van der Waals surface area contributed by atoms with Crippen LogP contribution < -0.4 is 9.47 Å². The minimum absolute atomic E-state index is 0.113. The van der Waals surface area contributed by atoms with Gasteiger partial charge in [-0.2, -0.15) is 0 Å². The maximum absolute atomic E-state index is 12.7. The number of Topliss-reactive ketones (excluding diaryl/α,β-unsaturated/α-hetero) is 1. The molecule has 0 spiro atoms. The average Bonchev–Trinajstić information content (AvgIpc) is 2.60. The average molecular weight is 325 g/mol. The maximum Gasteiger partial charge on any atom is 0.163 e. The Morgan fingerprint density at radius 1 is 1.08 bits per heavy atom. The molecule has 1 aliphatic carbocycles. The third kappa shape index (κ3) is 2.24. The molecule has 0 aromatic heterocycles. The molecule has 0 radical (unpaired) electrons. The Hall–Kier alpha value is -2.23. The van der Waals surface area contributed by atoms with E-state index in [4.69, 9.17) is 9.47 Å². The third-order valence-electron chi connectivity index (χ3n) is 5.49. The molecule has 24 heavy (non-hydrogen) atoms. The number of ketones is 1. The number of hydrogen-bond acceptors (Lipinski definition) is 4. The molecule has 0 saturated carbocycles. The zero-order valence-corrected chi connectivity index (χ0v) is 14.5. The van der Waals surface area contributed by atoms with Crippen LogP contribution in [0.4, 0.5) is 0 Å². The van der Waals surface area contributed by atoms with Gasteiger partial charge < -0.3 is 14.4 Å². The van der Waals surface area contributed by atoms with E-state index in [2.05, 4.69) is 30.0 Å². The van der Waals surface area contributed by atoms with Crippen LogP contribution in [0.5, 0.6) is 11.5 Å². The van der Waals surface area contributed by atoms with Crippen molar-refractivity contribution in [2.24, 2.45) is 0 Å². The summed E-state index contributed by atoms with van der Waals surface area (Å²) >= 11 is 0. The normalized spacial score (nSPS) is 22.5. The highest BCUT2D eigenvalue weighted by atomic mass is 16.5. The van der Waals surface area contributed by atoms with Crippen LogP contribution in [0.2, 0.25) is 0 Å². The molecule has 1 aromatic rings. The van der Waals surface area contributed by atoms with Crippen molar-refractivity contribution in [2.45, 2.75) is 38.6 Å². The number of methoxy groups -OCH3 is 2. The van der Waals surface area contributed by atoms with Gasteiger partial charge in [-0.25, -0.2) is 0 Å². The number of nitrogens with zero attached hydrogens (tertiary/aromatic N) is 1. The van der Waals surface area contributed by atoms with Crippen molar-refractivity contribution in [3.63, 3.8) is 0 Å². The largest absolute Gasteiger partial charge is 0.493 e. The molecule has 0 saturated heterocycles. The Morgan fingerprint density at radius 2 is 1.83 bits per heavy atom. The maximum atomic E-state index is 12.7. The summed E-state index contributed by atoms with van der Waals surface area (Å²) in [4.78, 5) is 15.1. The highest BCUT2D eigenvalue weighted by Crippen LogP contribution is 2.45. The quantitative estimate of drug-likeness (QED) is 0.833. The molecular formula is C20H23NO3. The number of carbonyl (C=O) groups is 1. The van der Waals surface area contributed by atoms with E-state index < -0.39 is 0 Å². The van der Waals surface area contributed by atoms with Crippen molar-refractivity contribution >= 4 is 5.78 Å². The molecule has 0 fully saturated rings. The van der Waals surface area contributed by atoms with E-state index in [1.54, 1.807) is 14.2 Å². The van der Waals surface area contributed by atoms with Gasteiger partial charge in [-0.05, 0) is 55.5 Å². The number of benzene rings is 1. The lowest BCUT2D eigenvalue weighted by Crippen LogP contribution is -2.41. The van der Waals surface area contributed by atoms with E-state index in [1.165, 1.54) is 16.7 Å². The van der Waals surface area contributed by atoms with Crippen molar-refractivity contribution in [2.75, 3.05) is 20.8 Å². The third-order valence-corrected chi connectivity index (χ3v) is 5.49. The molecule has 3 aliphatic rings. The van der Waals surface area contributed by atoms with Gasteiger partial charge in [0.2, 0.25) is 0 Å². The fourth-order valence-corrected chi connectivity index (χ4v) is 4.22. The molecule has 0 unspecified atom stereocenters. The SMILES string of the molecule is COc1cc2c(cc1OC)[C@@H]1CC(=O)C3=C(C=C(C)CC3)N1CC2. The number of fused-ring (bicyclic) bond motifs is 4. The van der Waals surface area contributed by atoms with Crippen LogP contribution in [0.15, 0.2) is 35.1 Å². The van der Waals surface area contributed by atoms with Crippen molar-refractivity contribution in [1.82, 2.24) is 4.90 Å². The first-order chi connectivity index (χ1) is 11.6. The van der Waals surface area contributed by atoms with E-state index in [-0.39, 0.29) is 6.04 Å². The van der Waals surface area contributed by atoms with Gasteiger partial charge in [-0.1, -0.05) is 5.57 Å². The zero-order valence-electron chi connectivity index (χ0n) is 14.5. The molecule has 4 heteroatoms. The first-order valence-corrected chi connectivity index (χ1v) is 8.57. The molecule has 1 atom stereocenters. The van der Waals surface area contributed by atoms with Gasteiger partial charge in [0, 0.05) is 24.2 Å². The summed E-state index contributed by atoms with van der Waals surface area (Å²) in [6.45, 7) is 3.10. The van der Waals surface area contributed by atoms with Crippen LogP contribution in [0, 0.1) is 0 Å². The van der Waals surface area contributed by atoms with Gasteiger partial charge in [-0.15, -0.1) is 0 Å². The second-order valence-electron chi connectivity index (χ2n) is 6.85. The summed E-state index contributed by atoms with van der Waals surface area (Å²) in [6, 6.07) is 4.24. The van der Waals surface area contributed by atoms with Gasteiger partial charge in [0.05, 0.1) is 20.3 Å². The minimum Gasteiger partial charge on any atom is -0.493 e. The predicted octanol–water partition coefficient (Wildman–Crippen LogP) is 3.57. The number of rotatable bonds is 2. The Labute approximate surface area is 142 Å². The zero-order chi connectivity index (χ0) is 16.8. The molecule has 4 nitrogen and oxygen atoms in total. The van der Waals surface area contributed by atoms with Crippen LogP contribution in [-0.4, -0.2) is 31.4 Å². The Balaban J connectivity index is 1.81. The number of carbonyl (C=O) groups excluding carboxylic acids is 1. The summed E-state index contributed by atoms with van der Waals surface area (Å²) in [5.74, 6) is 1.80. The Kier molecular flexibility index (Phi) is 3.63. The summed E-state index contributed by atoms with van der Waals surface area (Å²) in [5, 5.41) is 0. The van der Waals surface area contributed by atoms with E-state index in [1.807, 2.05) is 0 Å². The van der Waals surface area contributed by atoms with Crippen LogP contribution in [0.1, 0.15) is 43.4 Å². The van der Waals surface area contributed by atoms with Crippen LogP contribution in [0.25, 0.3) is 0 Å². The second kappa shape index (κ2) is 5.69. The van der Waals surface area contributed by atoms with Gasteiger partial charge in [0.15, 0.2) is 17.3 Å². The van der Waals surface area contributed by atoms with E-state index in [9.17, 15) is 4.79 Å².